The van der Waals surface area contributed by atoms with E-state index in [0.29, 0.717) is 12.1 Å². The topological polar surface area (TPSA) is 80.5 Å². The van der Waals surface area contributed by atoms with Gasteiger partial charge in [-0.3, -0.25) is 24.0 Å². The van der Waals surface area contributed by atoms with Crippen molar-refractivity contribution in [3.8, 4) is 0 Å². The average molecular weight is 308 g/mol. The lowest BCUT2D eigenvalue weighted by molar-refractivity contribution is -0.387. The summed E-state index contributed by atoms with van der Waals surface area (Å²) in [4.78, 5) is 21.7. The molecule has 2 rings (SSSR count). The normalized spacial score (nSPS) is 18.0. The van der Waals surface area contributed by atoms with Crippen LogP contribution in [0.25, 0.3) is 0 Å². The highest BCUT2D eigenvalue weighted by molar-refractivity contribution is 7.85. The first-order valence-corrected chi connectivity index (χ1v) is 6.51. The van der Waals surface area contributed by atoms with E-state index in [0.717, 1.165) is 11.8 Å². The second-order valence-corrected chi connectivity index (χ2v) is 5.38. The molecule has 10 heteroatoms. The Labute approximate surface area is 112 Å². The Morgan fingerprint density at radius 3 is 2.50 bits per heavy atom. The molecule has 0 aromatic heterocycles. The molecule has 0 bridgehead atoms. The van der Waals surface area contributed by atoms with Crippen LogP contribution in [0.1, 0.15) is 12.5 Å². The van der Waals surface area contributed by atoms with Crippen molar-refractivity contribution < 1.29 is 27.1 Å². The Morgan fingerprint density at radius 2 is 2.05 bits per heavy atom. The smallest absolute Gasteiger partial charge is 0.298 e. The first-order chi connectivity index (χ1) is 9.12. The van der Waals surface area contributed by atoms with E-state index >= 15 is 0 Å². The molecular formula is C10H7F3N2O4S. The van der Waals surface area contributed by atoms with Crippen molar-refractivity contribution in [3.05, 3.63) is 27.8 Å². The number of halogens is 3. The molecule has 20 heavy (non-hydrogen) atoms. The number of alkyl halides is 3. The van der Waals surface area contributed by atoms with Gasteiger partial charge in [0.1, 0.15) is 10.8 Å². The molecule has 1 aromatic carbocycles. The summed E-state index contributed by atoms with van der Waals surface area (Å²) in [6.07, 6.45) is -4.80. The van der Waals surface area contributed by atoms with E-state index in [2.05, 4.69) is 0 Å². The monoisotopic (exact) mass is 308 g/mol. The number of hydrogen-bond acceptors (Lipinski definition) is 4. The number of nitrogens with zero attached hydrogens (tertiary/aromatic N) is 2. The Balaban J connectivity index is 2.76. The number of rotatable bonds is 1. The Bertz CT molecular complexity index is 644. The first kappa shape index (κ1) is 14.4. The SMILES string of the molecule is CC(=O)N1CS(=O)c2c1cc(C(F)(F)F)cc2[N+](=O)[O-]. The first-order valence-electron chi connectivity index (χ1n) is 5.19. The predicted molar refractivity (Wildman–Crippen MR) is 62.5 cm³/mol. The lowest BCUT2D eigenvalue weighted by Gasteiger charge is -2.15. The standard InChI is InChI=1S/C10H7F3N2O4S/c1-5(16)14-4-20(19)9-7(14)2-6(10(11,12)13)3-8(9)15(17)18/h2-3H,4H2,1H3. The van der Waals surface area contributed by atoms with E-state index in [4.69, 9.17) is 0 Å². The Morgan fingerprint density at radius 1 is 1.45 bits per heavy atom. The van der Waals surface area contributed by atoms with E-state index in [1.165, 1.54) is 0 Å². The zero-order chi connectivity index (χ0) is 15.2. The minimum atomic E-state index is -4.80. The maximum Gasteiger partial charge on any atom is 0.416 e. The van der Waals surface area contributed by atoms with Gasteiger partial charge < -0.3 is 0 Å². The molecule has 6 nitrogen and oxygen atoms in total. The molecule has 0 fully saturated rings. The fourth-order valence-corrected chi connectivity index (χ4v) is 3.30. The Kier molecular flexibility index (Phi) is 3.28. The van der Waals surface area contributed by atoms with Crippen LogP contribution in [-0.4, -0.2) is 20.9 Å². The Hall–Kier alpha value is -1.97. The maximum absolute atomic E-state index is 12.7. The van der Waals surface area contributed by atoms with Crippen molar-refractivity contribution in [3.63, 3.8) is 0 Å². The lowest BCUT2D eigenvalue weighted by atomic mass is 10.1. The summed E-state index contributed by atoms with van der Waals surface area (Å²) in [5.41, 5.74) is -2.47. The van der Waals surface area contributed by atoms with Gasteiger partial charge in [0.15, 0.2) is 0 Å². The maximum atomic E-state index is 12.7. The molecule has 1 unspecified atom stereocenters. The molecular weight excluding hydrogens is 301 g/mol. The van der Waals surface area contributed by atoms with Gasteiger partial charge in [-0.15, -0.1) is 0 Å². The van der Waals surface area contributed by atoms with Crippen LogP contribution < -0.4 is 4.90 Å². The van der Waals surface area contributed by atoms with Crippen LogP contribution in [0.2, 0.25) is 0 Å². The number of hydrogen-bond donors (Lipinski definition) is 0. The molecule has 0 spiro atoms. The van der Waals surface area contributed by atoms with Gasteiger partial charge in [0.2, 0.25) is 5.91 Å². The molecule has 0 radical (unpaired) electrons. The number of carbonyl (C=O) groups is 1. The fourth-order valence-electron chi connectivity index (χ4n) is 1.84. The van der Waals surface area contributed by atoms with Crippen LogP contribution in [0.5, 0.6) is 0 Å². The van der Waals surface area contributed by atoms with Crippen molar-refractivity contribution in [2.24, 2.45) is 0 Å². The van der Waals surface area contributed by atoms with Crippen LogP contribution in [0, 0.1) is 10.1 Å². The van der Waals surface area contributed by atoms with Gasteiger partial charge >= 0.3 is 6.18 Å². The quantitative estimate of drug-likeness (QED) is 0.587. The van der Waals surface area contributed by atoms with Gasteiger partial charge in [-0.2, -0.15) is 13.2 Å². The molecule has 0 saturated heterocycles. The van der Waals surface area contributed by atoms with Crippen molar-refractivity contribution in [2.75, 3.05) is 10.8 Å². The van der Waals surface area contributed by atoms with Crippen LogP contribution in [0.4, 0.5) is 24.5 Å². The van der Waals surface area contributed by atoms with E-state index in [1.54, 1.807) is 0 Å². The van der Waals surface area contributed by atoms with E-state index in [-0.39, 0.29) is 16.5 Å². The molecule has 1 aliphatic rings. The minimum Gasteiger partial charge on any atom is -0.298 e. The summed E-state index contributed by atoms with van der Waals surface area (Å²) in [5, 5.41) is 10.9. The summed E-state index contributed by atoms with van der Waals surface area (Å²) >= 11 is 0. The molecule has 108 valence electrons. The van der Waals surface area contributed by atoms with Gasteiger partial charge in [-0.05, 0) is 6.07 Å². The predicted octanol–water partition coefficient (Wildman–Crippen LogP) is 2.05. The van der Waals surface area contributed by atoms with Gasteiger partial charge in [-0.1, -0.05) is 0 Å². The third kappa shape index (κ3) is 2.26. The molecule has 0 aliphatic carbocycles. The summed E-state index contributed by atoms with van der Waals surface area (Å²) in [7, 11) is -1.92. The zero-order valence-corrected chi connectivity index (χ0v) is 10.7. The van der Waals surface area contributed by atoms with Crippen LogP contribution >= 0.6 is 0 Å². The fraction of sp³-hybridized carbons (Fsp3) is 0.300. The number of nitro benzene ring substituents is 1. The third-order valence-corrected chi connectivity index (χ3v) is 4.09. The summed E-state index contributed by atoms with van der Waals surface area (Å²) in [6.45, 7) is 1.08. The lowest BCUT2D eigenvalue weighted by Crippen LogP contribution is -2.26. The van der Waals surface area contributed by atoms with Crippen molar-refractivity contribution in [1.82, 2.24) is 0 Å². The molecule has 0 N–H and O–H groups in total. The van der Waals surface area contributed by atoms with Crippen molar-refractivity contribution >= 4 is 28.1 Å². The summed E-state index contributed by atoms with van der Waals surface area (Å²) in [6, 6.07) is 0.939. The number of anilines is 1. The highest BCUT2D eigenvalue weighted by Crippen LogP contribution is 2.43. The number of carbonyl (C=O) groups excluding carboxylic acids is 1. The second kappa shape index (κ2) is 4.54. The number of amides is 1. The summed E-state index contributed by atoms with van der Waals surface area (Å²) in [5.74, 6) is -1.02. The van der Waals surface area contributed by atoms with E-state index in [9.17, 15) is 32.3 Å². The molecule has 1 amide bonds. The van der Waals surface area contributed by atoms with Gasteiger partial charge in [0.25, 0.3) is 5.69 Å². The van der Waals surface area contributed by atoms with Gasteiger partial charge in [0.05, 0.1) is 27.0 Å². The number of nitro groups is 1. The molecule has 0 saturated carbocycles. The van der Waals surface area contributed by atoms with Crippen LogP contribution in [0.15, 0.2) is 17.0 Å². The molecule has 1 atom stereocenters. The van der Waals surface area contributed by atoms with Crippen molar-refractivity contribution in [1.29, 1.82) is 0 Å². The largest absolute Gasteiger partial charge is 0.416 e. The highest BCUT2D eigenvalue weighted by Gasteiger charge is 2.40. The van der Waals surface area contributed by atoms with Gasteiger partial charge in [0, 0.05) is 13.0 Å². The van der Waals surface area contributed by atoms with Crippen LogP contribution in [0.3, 0.4) is 0 Å². The van der Waals surface area contributed by atoms with Gasteiger partial charge in [-0.25, -0.2) is 0 Å². The third-order valence-electron chi connectivity index (χ3n) is 2.72. The molecule has 1 aliphatic heterocycles. The minimum absolute atomic E-state index is 0.322. The summed E-state index contributed by atoms with van der Waals surface area (Å²) < 4.78 is 50.0. The average Bonchev–Trinajstić information content (AvgIpc) is 2.65. The van der Waals surface area contributed by atoms with Crippen LogP contribution in [-0.2, 0) is 21.8 Å². The second-order valence-electron chi connectivity index (χ2n) is 4.02. The molecule has 1 heterocycles. The molecule has 1 aromatic rings. The van der Waals surface area contributed by atoms with Crippen molar-refractivity contribution in [2.45, 2.75) is 18.0 Å². The highest BCUT2D eigenvalue weighted by atomic mass is 32.2. The zero-order valence-electron chi connectivity index (χ0n) is 9.93. The van der Waals surface area contributed by atoms with E-state index in [1.807, 2.05) is 0 Å². The van der Waals surface area contributed by atoms with E-state index < -0.39 is 39.1 Å². The number of benzene rings is 1. The number of fused-ring (bicyclic) bond motifs is 1.